The Morgan fingerprint density at radius 1 is 1.08 bits per heavy atom. The number of nitrogens with one attached hydrogen (secondary N) is 1. The summed E-state index contributed by atoms with van der Waals surface area (Å²) in [5, 5.41) is 4.11. The Balaban J connectivity index is 1.91. The molecule has 0 bridgehead atoms. The van der Waals surface area contributed by atoms with Crippen molar-refractivity contribution in [3.05, 3.63) is 71.1 Å². The Kier molecular flexibility index (Phi) is 3.54. The van der Waals surface area contributed by atoms with Gasteiger partial charge in [0, 0.05) is 16.9 Å². The second kappa shape index (κ2) is 5.73. The van der Waals surface area contributed by atoms with E-state index in [1.54, 1.807) is 0 Å². The molecule has 5 heteroatoms. The standard InChI is InChI=1S/C19H16ClN3O/c1-12-6-9-17-22-18(16-8-7-13(2)24-16)19(23(17)11-12)21-15-5-3-4-14(20)10-15/h3-11,21H,1-2H3. The first-order chi connectivity index (χ1) is 11.6. The van der Waals surface area contributed by atoms with Crippen molar-refractivity contribution in [2.45, 2.75) is 13.8 Å². The van der Waals surface area contributed by atoms with E-state index in [1.807, 2.05) is 59.9 Å². The van der Waals surface area contributed by atoms with Crippen LogP contribution >= 0.6 is 11.6 Å². The summed E-state index contributed by atoms with van der Waals surface area (Å²) >= 11 is 6.11. The Morgan fingerprint density at radius 3 is 2.71 bits per heavy atom. The second-order valence-corrected chi connectivity index (χ2v) is 6.23. The third-order valence-electron chi connectivity index (χ3n) is 3.83. The van der Waals surface area contributed by atoms with E-state index >= 15 is 0 Å². The molecule has 0 aliphatic carbocycles. The minimum atomic E-state index is 0.681. The summed E-state index contributed by atoms with van der Waals surface area (Å²) in [4.78, 5) is 4.73. The van der Waals surface area contributed by atoms with Gasteiger partial charge >= 0.3 is 0 Å². The summed E-state index contributed by atoms with van der Waals surface area (Å²) in [5.74, 6) is 2.44. The number of nitrogens with zero attached hydrogens (tertiary/aromatic N) is 2. The van der Waals surface area contributed by atoms with Crippen LogP contribution in [-0.4, -0.2) is 9.38 Å². The molecule has 24 heavy (non-hydrogen) atoms. The minimum absolute atomic E-state index is 0.681. The number of benzene rings is 1. The highest BCUT2D eigenvalue weighted by molar-refractivity contribution is 6.30. The number of halogens is 1. The van der Waals surface area contributed by atoms with E-state index in [1.165, 1.54) is 0 Å². The SMILES string of the molecule is Cc1ccc2nc(-c3ccc(C)o3)c(Nc3cccc(Cl)c3)n2c1. The van der Waals surface area contributed by atoms with E-state index in [4.69, 9.17) is 21.0 Å². The average molecular weight is 338 g/mol. The lowest BCUT2D eigenvalue weighted by molar-refractivity contribution is 0.547. The van der Waals surface area contributed by atoms with Crippen molar-refractivity contribution in [1.82, 2.24) is 9.38 Å². The summed E-state index contributed by atoms with van der Waals surface area (Å²) in [6.07, 6.45) is 2.05. The lowest BCUT2D eigenvalue weighted by Gasteiger charge is -2.08. The van der Waals surface area contributed by atoms with E-state index in [0.29, 0.717) is 5.02 Å². The van der Waals surface area contributed by atoms with Crippen LogP contribution in [0.25, 0.3) is 17.1 Å². The van der Waals surface area contributed by atoms with Gasteiger partial charge in [0.05, 0.1) is 0 Å². The van der Waals surface area contributed by atoms with Gasteiger partial charge in [0.25, 0.3) is 0 Å². The van der Waals surface area contributed by atoms with Gasteiger partial charge in [-0.25, -0.2) is 4.98 Å². The van der Waals surface area contributed by atoms with Crippen molar-refractivity contribution in [3.63, 3.8) is 0 Å². The molecule has 0 saturated heterocycles. The van der Waals surface area contributed by atoms with Gasteiger partial charge in [-0.2, -0.15) is 0 Å². The fraction of sp³-hybridized carbons (Fsp3) is 0.105. The Hall–Kier alpha value is -2.72. The molecule has 0 spiro atoms. The first kappa shape index (κ1) is 14.8. The van der Waals surface area contributed by atoms with E-state index in [-0.39, 0.29) is 0 Å². The molecule has 0 aliphatic heterocycles. The fourth-order valence-electron chi connectivity index (χ4n) is 2.71. The second-order valence-electron chi connectivity index (χ2n) is 5.79. The zero-order chi connectivity index (χ0) is 16.7. The van der Waals surface area contributed by atoms with Crippen LogP contribution in [0.1, 0.15) is 11.3 Å². The molecule has 0 fully saturated rings. The van der Waals surface area contributed by atoms with Crippen molar-refractivity contribution in [2.75, 3.05) is 5.32 Å². The van der Waals surface area contributed by atoms with Gasteiger partial charge in [-0.3, -0.25) is 4.40 Å². The summed E-state index contributed by atoms with van der Waals surface area (Å²) in [6, 6.07) is 15.5. The van der Waals surface area contributed by atoms with Crippen molar-refractivity contribution in [3.8, 4) is 11.5 Å². The zero-order valence-corrected chi connectivity index (χ0v) is 14.1. The maximum absolute atomic E-state index is 6.11. The van der Waals surface area contributed by atoms with E-state index in [2.05, 4.69) is 18.4 Å². The number of pyridine rings is 1. The van der Waals surface area contributed by atoms with Crippen molar-refractivity contribution in [1.29, 1.82) is 0 Å². The van der Waals surface area contributed by atoms with Crippen LogP contribution in [0.2, 0.25) is 5.02 Å². The summed E-state index contributed by atoms with van der Waals surface area (Å²) < 4.78 is 7.82. The number of aromatic nitrogens is 2. The number of hydrogen-bond acceptors (Lipinski definition) is 3. The van der Waals surface area contributed by atoms with E-state index in [0.717, 1.165) is 39.9 Å². The highest BCUT2D eigenvalue weighted by atomic mass is 35.5. The molecule has 3 aromatic heterocycles. The minimum Gasteiger partial charge on any atom is -0.460 e. The average Bonchev–Trinajstić information content (AvgIpc) is 3.12. The first-order valence-electron chi connectivity index (χ1n) is 7.68. The Morgan fingerprint density at radius 2 is 1.96 bits per heavy atom. The van der Waals surface area contributed by atoms with Crippen LogP contribution in [0.5, 0.6) is 0 Å². The zero-order valence-electron chi connectivity index (χ0n) is 13.4. The molecule has 0 unspecified atom stereocenters. The van der Waals surface area contributed by atoms with Crippen LogP contribution < -0.4 is 5.32 Å². The number of rotatable bonds is 3. The van der Waals surface area contributed by atoms with Gasteiger partial charge in [-0.1, -0.05) is 23.7 Å². The molecule has 3 heterocycles. The van der Waals surface area contributed by atoms with Gasteiger partial charge < -0.3 is 9.73 Å². The largest absolute Gasteiger partial charge is 0.460 e. The third kappa shape index (κ3) is 2.65. The highest BCUT2D eigenvalue weighted by Gasteiger charge is 2.17. The molecule has 1 N–H and O–H groups in total. The maximum Gasteiger partial charge on any atom is 0.156 e. The number of hydrogen-bond donors (Lipinski definition) is 1. The lowest BCUT2D eigenvalue weighted by atomic mass is 10.3. The predicted octanol–water partition coefficient (Wildman–Crippen LogP) is 5.61. The molecule has 4 aromatic rings. The molecule has 0 amide bonds. The highest BCUT2D eigenvalue weighted by Crippen LogP contribution is 2.32. The molecular weight excluding hydrogens is 322 g/mol. The lowest BCUT2D eigenvalue weighted by Crippen LogP contribution is -1.97. The van der Waals surface area contributed by atoms with Crippen LogP contribution in [-0.2, 0) is 0 Å². The molecule has 1 aromatic carbocycles. The van der Waals surface area contributed by atoms with E-state index < -0.39 is 0 Å². The number of imidazole rings is 1. The van der Waals surface area contributed by atoms with Crippen LogP contribution in [0.3, 0.4) is 0 Å². The topological polar surface area (TPSA) is 42.5 Å². The van der Waals surface area contributed by atoms with Crippen LogP contribution in [0.4, 0.5) is 11.5 Å². The van der Waals surface area contributed by atoms with Gasteiger partial charge in [-0.15, -0.1) is 0 Å². The third-order valence-corrected chi connectivity index (χ3v) is 4.06. The summed E-state index contributed by atoms with van der Waals surface area (Å²) in [5.41, 5.74) is 3.68. The number of furan rings is 1. The van der Waals surface area contributed by atoms with Crippen molar-refractivity contribution >= 4 is 28.8 Å². The van der Waals surface area contributed by atoms with Gasteiger partial charge in [0.1, 0.15) is 22.9 Å². The quantitative estimate of drug-likeness (QED) is 0.528. The Bertz CT molecular complexity index is 1030. The molecule has 120 valence electrons. The smallest absolute Gasteiger partial charge is 0.156 e. The molecule has 4 rings (SSSR count). The van der Waals surface area contributed by atoms with Crippen LogP contribution in [0.15, 0.2) is 59.1 Å². The fourth-order valence-corrected chi connectivity index (χ4v) is 2.90. The summed E-state index contributed by atoms with van der Waals surface area (Å²) in [7, 11) is 0. The van der Waals surface area contributed by atoms with Gasteiger partial charge in [0.2, 0.25) is 0 Å². The van der Waals surface area contributed by atoms with Crippen molar-refractivity contribution < 1.29 is 4.42 Å². The molecule has 0 atom stereocenters. The van der Waals surface area contributed by atoms with E-state index in [9.17, 15) is 0 Å². The number of fused-ring (bicyclic) bond motifs is 1. The molecule has 0 aliphatic rings. The normalized spacial score (nSPS) is 11.1. The molecular formula is C19H16ClN3O. The van der Waals surface area contributed by atoms with Crippen molar-refractivity contribution in [2.24, 2.45) is 0 Å². The first-order valence-corrected chi connectivity index (χ1v) is 8.06. The number of aryl methyl sites for hydroxylation is 2. The van der Waals surface area contributed by atoms with Crippen LogP contribution in [0, 0.1) is 13.8 Å². The summed E-state index contributed by atoms with van der Waals surface area (Å²) in [6.45, 7) is 3.98. The monoisotopic (exact) mass is 337 g/mol. The maximum atomic E-state index is 6.11. The Labute approximate surface area is 144 Å². The molecule has 4 nitrogen and oxygen atoms in total. The van der Waals surface area contributed by atoms with Gasteiger partial charge in [0.15, 0.2) is 5.76 Å². The predicted molar refractivity (Wildman–Crippen MR) is 97.1 cm³/mol. The van der Waals surface area contributed by atoms with Gasteiger partial charge in [-0.05, 0) is 55.8 Å². The molecule has 0 saturated carbocycles. The molecule has 0 radical (unpaired) electrons. The number of anilines is 2.